The zero-order valence-electron chi connectivity index (χ0n) is 14.7. The van der Waals surface area contributed by atoms with Gasteiger partial charge in [-0.1, -0.05) is 31.6 Å². The molecule has 4 aliphatic carbocycles. The zero-order valence-corrected chi connectivity index (χ0v) is 14.7. The van der Waals surface area contributed by atoms with Gasteiger partial charge in [-0.25, -0.2) is 4.39 Å². The molecule has 0 spiro atoms. The molecule has 2 heteroatoms. The molecule has 1 N–H and O–H groups in total. The Morgan fingerprint density at radius 2 is 1.96 bits per heavy atom. The van der Waals surface area contributed by atoms with E-state index in [0.717, 1.165) is 51.4 Å². The van der Waals surface area contributed by atoms with E-state index in [-0.39, 0.29) is 10.8 Å². The van der Waals surface area contributed by atoms with Gasteiger partial charge in [0.2, 0.25) is 0 Å². The fourth-order valence-electron chi connectivity index (χ4n) is 7.06. The van der Waals surface area contributed by atoms with E-state index >= 15 is 4.39 Å². The standard InChI is InChI=1S/C21H31FO/c1-4-21(23)13-11-16-15-9-8-14-6-5-7-18(22)20(14,3)17(15)10-12-19(16,21)2/h4,8,15-18,23H,1,5-7,9-13H2,2-3H3/t15-,16-,17-,18?,19-,20-,21+/m0/s1. The van der Waals surface area contributed by atoms with Crippen LogP contribution in [0.15, 0.2) is 24.3 Å². The van der Waals surface area contributed by atoms with Crippen molar-refractivity contribution in [1.29, 1.82) is 0 Å². The Balaban J connectivity index is 1.73. The minimum atomic E-state index is -0.727. The average molecular weight is 318 g/mol. The van der Waals surface area contributed by atoms with Gasteiger partial charge in [0.15, 0.2) is 0 Å². The lowest BCUT2D eigenvalue weighted by molar-refractivity contribution is -0.109. The predicted molar refractivity (Wildman–Crippen MR) is 91.7 cm³/mol. The van der Waals surface area contributed by atoms with Crippen LogP contribution in [-0.4, -0.2) is 16.9 Å². The van der Waals surface area contributed by atoms with Gasteiger partial charge in [-0.15, -0.1) is 6.58 Å². The molecule has 0 amide bonds. The molecule has 0 aromatic rings. The summed E-state index contributed by atoms with van der Waals surface area (Å²) < 4.78 is 15.0. The van der Waals surface area contributed by atoms with Gasteiger partial charge in [0.1, 0.15) is 6.17 Å². The van der Waals surface area contributed by atoms with Crippen molar-refractivity contribution in [2.75, 3.05) is 0 Å². The third kappa shape index (κ3) is 1.82. The van der Waals surface area contributed by atoms with Gasteiger partial charge >= 0.3 is 0 Å². The molecule has 0 aliphatic heterocycles. The molecule has 0 aromatic carbocycles. The first kappa shape index (κ1) is 15.9. The number of hydrogen-bond donors (Lipinski definition) is 1. The largest absolute Gasteiger partial charge is 0.385 e. The average Bonchev–Trinajstić information content (AvgIpc) is 2.81. The molecule has 0 radical (unpaired) electrons. The molecule has 3 fully saturated rings. The SMILES string of the molecule is C=C[C@@]1(O)CC[C@H]2[C@@H]3CC=C4CCCC(F)[C@]4(C)[C@H]3CC[C@@]21C. The topological polar surface area (TPSA) is 20.2 Å². The molecule has 0 bridgehead atoms. The third-order valence-electron chi connectivity index (χ3n) is 8.64. The van der Waals surface area contributed by atoms with Crippen molar-refractivity contribution < 1.29 is 9.50 Å². The van der Waals surface area contributed by atoms with Crippen LogP contribution >= 0.6 is 0 Å². The van der Waals surface area contributed by atoms with Crippen LogP contribution < -0.4 is 0 Å². The Labute approximate surface area is 140 Å². The summed E-state index contributed by atoms with van der Waals surface area (Å²) in [6, 6.07) is 0. The molecule has 1 unspecified atom stereocenters. The van der Waals surface area contributed by atoms with E-state index in [1.807, 2.05) is 0 Å². The molecule has 1 nitrogen and oxygen atoms in total. The first-order valence-corrected chi connectivity index (χ1v) is 9.56. The van der Waals surface area contributed by atoms with Gasteiger partial charge in [-0.3, -0.25) is 0 Å². The van der Waals surface area contributed by atoms with E-state index in [2.05, 4.69) is 26.5 Å². The Bertz CT molecular complexity index is 554. The van der Waals surface area contributed by atoms with Gasteiger partial charge in [0.05, 0.1) is 5.60 Å². The van der Waals surface area contributed by atoms with Gasteiger partial charge in [0.25, 0.3) is 0 Å². The zero-order chi connectivity index (χ0) is 16.5. The molecule has 4 rings (SSSR count). The first-order chi connectivity index (χ1) is 10.9. The number of hydrogen-bond acceptors (Lipinski definition) is 1. The highest BCUT2D eigenvalue weighted by atomic mass is 19.1. The molecule has 0 heterocycles. The van der Waals surface area contributed by atoms with Crippen molar-refractivity contribution in [3.63, 3.8) is 0 Å². The molecule has 7 atom stereocenters. The second-order valence-corrected chi connectivity index (χ2v) is 9.11. The Kier molecular flexibility index (Phi) is 3.41. The van der Waals surface area contributed by atoms with Crippen LogP contribution in [0.5, 0.6) is 0 Å². The van der Waals surface area contributed by atoms with E-state index in [9.17, 15) is 5.11 Å². The van der Waals surface area contributed by atoms with Crippen LogP contribution in [0.2, 0.25) is 0 Å². The van der Waals surface area contributed by atoms with Gasteiger partial charge < -0.3 is 5.11 Å². The van der Waals surface area contributed by atoms with Gasteiger partial charge in [-0.05, 0) is 69.1 Å². The minimum absolute atomic E-state index is 0.0713. The highest BCUT2D eigenvalue weighted by Gasteiger charge is 2.63. The van der Waals surface area contributed by atoms with Crippen LogP contribution in [0.3, 0.4) is 0 Å². The van der Waals surface area contributed by atoms with E-state index in [1.165, 1.54) is 5.57 Å². The fourth-order valence-corrected chi connectivity index (χ4v) is 7.06. The molecule has 3 saturated carbocycles. The highest BCUT2D eigenvalue weighted by Crippen LogP contribution is 2.67. The number of rotatable bonds is 1. The minimum Gasteiger partial charge on any atom is -0.385 e. The Morgan fingerprint density at radius 1 is 1.22 bits per heavy atom. The summed E-state index contributed by atoms with van der Waals surface area (Å²) in [6.07, 6.45) is 11.4. The van der Waals surface area contributed by atoms with E-state index < -0.39 is 11.8 Å². The second kappa shape index (κ2) is 4.94. The Morgan fingerprint density at radius 3 is 2.70 bits per heavy atom. The molecule has 23 heavy (non-hydrogen) atoms. The van der Waals surface area contributed by atoms with E-state index in [1.54, 1.807) is 6.08 Å². The molecule has 128 valence electrons. The van der Waals surface area contributed by atoms with E-state index in [0.29, 0.717) is 17.8 Å². The third-order valence-corrected chi connectivity index (χ3v) is 8.64. The molecule has 0 aromatic heterocycles. The summed E-state index contributed by atoms with van der Waals surface area (Å²) in [4.78, 5) is 0. The lowest BCUT2D eigenvalue weighted by Gasteiger charge is -2.59. The fraction of sp³-hybridized carbons (Fsp3) is 0.810. The number of alkyl halides is 1. The number of allylic oxidation sites excluding steroid dienone is 2. The first-order valence-electron chi connectivity index (χ1n) is 9.56. The van der Waals surface area contributed by atoms with Crippen molar-refractivity contribution in [3.05, 3.63) is 24.3 Å². The van der Waals surface area contributed by atoms with Crippen molar-refractivity contribution in [1.82, 2.24) is 0 Å². The van der Waals surface area contributed by atoms with Gasteiger partial charge in [0, 0.05) is 10.8 Å². The number of fused-ring (bicyclic) bond motifs is 5. The second-order valence-electron chi connectivity index (χ2n) is 9.11. The van der Waals surface area contributed by atoms with Crippen molar-refractivity contribution in [2.24, 2.45) is 28.6 Å². The molecular weight excluding hydrogens is 287 g/mol. The van der Waals surface area contributed by atoms with Crippen LogP contribution in [0.25, 0.3) is 0 Å². The molecular formula is C21H31FO. The van der Waals surface area contributed by atoms with Crippen molar-refractivity contribution in [3.8, 4) is 0 Å². The maximum Gasteiger partial charge on any atom is 0.109 e. The summed E-state index contributed by atoms with van der Waals surface area (Å²) >= 11 is 0. The Hall–Kier alpha value is -0.630. The lowest BCUT2D eigenvalue weighted by Crippen LogP contribution is -2.55. The summed E-state index contributed by atoms with van der Waals surface area (Å²) in [5, 5.41) is 11.1. The lowest BCUT2D eigenvalue weighted by atomic mass is 9.46. The normalized spacial score (nSPS) is 55.4. The summed E-state index contributed by atoms with van der Waals surface area (Å²) in [6.45, 7) is 8.39. The van der Waals surface area contributed by atoms with Crippen LogP contribution in [0.4, 0.5) is 4.39 Å². The predicted octanol–water partition coefficient (Wildman–Crippen LogP) is 5.20. The van der Waals surface area contributed by atoms with Gasteiger partial charge in [-0.2, -0.15) is 0 Å². The van der Waals surface area contributed by atoms with Crippen LogP contribution in [-0.2, 0) is 0 Å². The van der Waals surface area contributed by atoms with Crippen molar-refractivity contribution in [2.45, 2.75) is 77.0 Å². The summed E-state index contributed by atoms with van der Waals surface area (Å²) in [7, 11) is 0. The summed E-state index contributed by atoms with van der Waals surface area (Å²) in [5.74, 6) is 1.50. The highest BCUT2D eigenvalue weighted by molar-refractivity contribution is 5.28. The number of halogens is 1. The smallest absolute Gasteiger partial charge is 0.109 e. The van der Waals surface area contributed by atoms with Crippen LogP contribution in [0, 0.1) is 28.6 Å². The maximum absolute atomic E-state index is 15.0. The molecule has 4 aliphatic rings. The van der Waals surface area contributed by atoms with E-state index in [4.69, 9.17) is 0 Å². The molecule has 0 saturated heterocycles. The maximum atomic E-state index is 15.0. The van der Waals surface area contributed by atoms with Crippen molar-refractivity contribution >= 4 is 0 Å². The monoisotopic (exact) mass is 318 g/mol. The number of aliphatic hydroxyl groups is 1. The summed E-state index contributed by atoms with van der Waals surface area (Å²) in [5.41, 5.74) is 0.364. The quantitative estimate of drug-likeness (QED) is 0.658. The van der Waals surface area contributed by atoms with Crippen LogP contribution in [0.1, 0.15) is 65.2 Å².